The Bertz CT molecular complexity index is 246. The number of carbonyl (C=O) groups excluding carboxylic acids is 1. The molecular weight excluding hydrogens is 236 g/mol. The number of thioether (sulfide) groups is 1. The number of hydrogen-bond acceptors (Lipinski definition) is 4. The van der Waals surface area contributed by atoms with Crippen LogP contribution in [0, 0.1) is 0 Å². The molecule has 0 unspecified atom stereocenters. The van der Waals surface area contributed by atoms with E-state index >= 15 is 0 Å². The molecule has 2 N–H and O–H groups in total. The summed E-state index contributed by atoms with van der Waals surface area (Å²) in [5.41, 5.74) is 0. The molecule has 5 nitrogen and oxygen atoms in total. The van der Waals surface area contributed by atoms with Crippen molar-refractivity contribution in [3.05, 3.63) is 0 Å². The first-order valence-corrected chi connectivity index (χ1v) is 7.55. The monoisotopic (exact) mass is 258 g/mol. The fraction of sp³-hybridized carbons (Fsp3) is 0.909. The number of urea groups is 1. The molecule has 2 saturated heterocycles. The topological polar surface area (TPSA) is 47.6 Å². The van der Waals surface area contributed by atoms with E-state index in [-0.39, 0.29) is 6.03 Å². The Morgan fingerprint density at radius 3 is 2.65 bits per heavy atom. The predicted molar refractivity (Wildman–Crippen MR) is 71.6 cm³/mol. The third-order valence-corrected chi connectivity index (χ3v) is 4.15. The molecule has 0 aromatic carbocycles. The highest BCUT2D eigenvalue weighted by atomic mass is 32.2. The zero-order chi connectivity index (χ0) is 11.9. The molecule has 6 heteroatoms. The minimum Gasteiger partial charge on any atom is -0.336 e. The Hall–Kier alpha value is -0.460. The maximum atomic E-state index is 11.3. The van der Waals surface area contributed by atoms with Crippen molar-refractivity contribution in [2.45, 2.75) is 0 Å². The molecule has 2 amide bonds. The highest BCUT2D eigenvalue weighted by molar-refractivity contribution is 7.99. The molecular formula is C11H22N4OS. The molecule has 17 heavy (non-hydrogen) atoms. The summed E-state index contributed by atoms with van der Waals surface area (Å²) in [7, 11) is 0. The van der Waals surface area contributed by atoms with Crippen molar-refractivity contribution in [3.8, 4) is 0 Å². The van der Waals surface area contributed by atoms with Gasteiger partial charge in [-0.05, 0) is 0 Å². The van der Waals surface area contributed by atoms with E-state index in [4.69, 9.17) is 0 Å². The van der Waals surface area contributed by atoms with Gasteiger partial charge in [-0.2, -0.15) is 11.8 Å². The van der Waals surface area contributed by atoms with Crippen molar-refractivity contribution in [2.75, 3.05) is 63.9 Å². The molecule has 0 saturated carbocycles. The smallest absolute Gasteiger partial charge is 0.317 e. The van der Waals surface area contributed by atoms with Crippen molar-refractivity contribution in [3.63, 3.8) is 0 Å². The number of nitrogens with zero attached hydrogens (tertiary/aromatic N) is 2. The Labute approximate surface area is 107 Å². The summed E-state index contributed by atoms with van der Waals surface area (Å²) < 4.78 is 0. The molecule has 0 bridgehead atoms. The lowest BCUT2D eigenvalue weighted by Gasteiger charge is -2.26. The van der Waals surface area contributed by atoms with Crippen LogP contribution in [0.3, 0.4) is 0 Å². The Morgan fingerprint density at radius 2 is 1.94 bits per heavy atom. The highest BCUT2D eigenvalue weighted by Gasteiger charge is 2.18. The average molecular weight is 258 g/mol. The van der Waals surface area contributed by atoms with E-state index in [1.807, 2.05) is 16.7 Å². The minimum absolute atomic E-state index is 0.0832. The summed E-state index contributed by atoms with van der Waals surface area (Å²) in [6.45, 7) is 7.97. The number of amides is 2. The van der Waals surface area contributed by atoms with Crippen LogP contribution in [0.15, 0.2) is 0 Å². The number of nitrogens with one attached hydrogen (secondary N) is 2. The Kier molecular flexibility index (Phi) is 5.41. The minimum atomic E-state index is 0.0832. The molecule has 0 radical (unpaired) electrons. The van der Waals surface area contributed by atoms with Crippen molar-refractivity contribution in [1.82, 2.24) is 20.4 Å². The van der Waals surface area contributed by atoms with E-state index in [1.54, 1.807) is 0 Å². The molecule has 0 aromatic heterocycles. The Balaban J connectivity index is 1.47. The van der Waals surface area contributed by atoms with E-state index in [0.717, 1.165) is 39.3 Å². The molecule has 0 aromatic rings. The SMILES string of the molecule is O=C1NCCN1CCNCCN1CCSCC1. The van der Waals surface area contributed by atoms with Crippen LogP contribution in [0.25, 0.3) is 0 Å². The van der Waals surface area contributed by atoms with Gasteiger partial charge in [0, 0.05) is 63.9 Å². The summed E-state index contributed by atoms with van der Waals surface area (Å²) >= 11 is 2.05. The fourth-order valence-electron chi connectivity index (χ4n) is 2.13. The van der Waals surface area contributed by atoms with Gasteiger partial charge in [0.25, 0.3) is 0 Å². The van der Waals surface area contributed by atoms with Crippen LogP contribution >= 0.6 is 11.8 Å². The van der Waals surface area contributed by atoms with Crippen molar-refractivity contribution >= 4 is 17.8 Å². The molecule has 0 aliphatic carbocycles. The first-order valence-electron chi connectivity index (χ1n) is 6.40. The zero-order valence-corrected chi connectivity index (χ0v) is 11.1. The van der Waals surface area contributed by atoms with Gasteiger partial charge in [0.05, 0.1) is 0 Å². The summed E-state index contributed by atoms with van der Waals surface area (Å²) in [6, 6.07) is 0.0832. The Morgan fingerprint density at radius 1 is 1.18 bits per heavy atom. The van der Waals surface area contributed by atoms with Gasteiger partial charge >= 0.3 is 6.03 Å². The van der Waals surface area contributed by atoms with Gasteiger partial charge in [0.15, 0.2) is 0 Å². The summed E-state index contributed by atoms with van der Waals surface area (Å²) in [4.78, 5) is 15.6. The third-order valence-electron chi connectivity index (χ3n) is 3.21. The molecule has 2 rings (SSSR count). The lowest BCUT2D eigenvalue weighted by molar-refractivity contribution is 0.217. The van der Waals surface area contributed by atoms with Gasteiger partial charge in [0.2, 0.25) is 0 Å². The average Bonchev–Trinajstić information content (AvgIpc) is 2.76. The maximum absolute atomic E-state index is 11.3. The number of hydrogen-bond donors (Lipinski definition) is 2. The second-order valence-electron chi connectivity index (χ2n) is 4.42. The van der Waals surface area contributed by atoms with Crippen LogP contribution in [0.4, 0.5) is 4.79 Å². The van der Waals surface area contributed by atoms with Gasteiger partial charge in [-0.25, -0.2) is 4.79 Å². The van der Waals surface area contributed by atoms with Crippen LogP contribution in [0.1, 0.15) is 0 Å². The highest BCUT2D eigenvalue weighted by Crippen LogP contribution is 2.07. The van der Waals surface area contributed by atoms with Crippen LogP contribution in [0.2, 0.25) is 0 Å². The largest absolute Gasteiger partial charge is 0.336 e. The summed E-state index contributed by atoms with van der Waals surface area (Å²) in [5, 5.41) is 6.22. The van der Waals surface area contributed by atoms with Crippen LogP contribution in [0.5, 0.6) is 0 Å². The van der Waals surface area contributed by atoms with Gasteiger partial charge in [-0.3, -0.25) is 0 Å². The van der Waals surface area contributed by atoms with Crippen molar-refractivity contribution in [1.29, 1.82) is 0 Å². The molecule has 2 aliphatic heterocycles. The quantitative estimate of drug-likeness (QED) is 0.639. The second-order valence-corrected chi connectivity index (χ2v) is 5.65. The number of carbonyl (C=O) groups is 1. The summed E-state index contributed by atoms with van der Waals surface area (Å²) in [5.74, 6) is 2.54. The normalized spacial score (nSPS) is 21.9. The van der Waals surface area contributed by atoms with Gasteiger partial charge in [-0.1, -0.05) is 0 Å². The third kappa shape index (κ3) is 4.37. The van der Waals surface area contributed by atoms with Crippen LogP contribution in [-0.2, 0) is 0 Å². The second kappa shape index (κ2) is 7.08. The predicted octanol–water partition coefficient (Wildman–Crippen LogP) is -0.350. The first kappa shape index (κ1) is 13.0. The number of rotatable bonds is 6. The van der Waals surface area contributed by atoms with Gasteiger partial charge in [-0.15, -0.1) is 0 Å². The van der Waals surface area contributed by atoms with E-state index in [2.05, 4.69) is 15.5 Å². The van der Waals surface area contributed by atoms with Gasteiger partial charge < -0.3 is 20.4 Å². The molecule has 98 valence electrons. The van der Waals surface area contributed by atoms with E-state index < -0.39 is 0 Å². The fourth-order valence-corrected chi connectivity index (χ4v) is 3.10. The van der Waals surface area contributed by atoms with Gasteiger partial charge in [0.1, 0.15) is 0 Å². The molecule has 2 heterocycles. The van der Waals surface area contributed by atoms with E-state index in [1.165, 1.54) is 24.6 Å². The first-order chi connectivity index (χ1) is 8.36. The molecule has 2 fully saturated rings. The van der Waals surface area contributed by atoms with Crippen LogP contribution < -0.4 is 10.6 Å². The zero-order valence-electron chi connectivity index (χ0n) is 10.3. The molecule has 0 spiro atoms. The van der Waals surface area contributed by atoms with Crippen molar-refractivity contribution < 1.29 is 4.79 Å². The standard InChI is InChI=1S/C11H22N4OS/c16-11-13-3-6-15(11)5-2-12-1-4-14-7-9-17-10-8-14/h12H,1-10H2,(H,13,16). The summed E-state index contributed by atoms with van der Waals surface area (Å²) in [6.07, 6.45) is 0. The van der Waals surface area contributed by atoms with Crippen LogP contribution in [-0.4, -0.2) is 79.7 Å². The maximum Gasteiger partial charge on any atom is 0.317 e. The van der Waals surface area contributed by atoms with E-state index in [9.17, 15) is 4.79 Å². The molecule has 0 atom stereocenters. The lowest BCUT2D eigenvalue weighted by atomic mass is 10.4. The lowest BCUT2D eigenvalue weighted by Crippen LogP contribution is -2.40. The van der Waals surface area contributed by atoms with E-state index in [0.29, 0.717) is 0 Å². The van der Waals surface area contributed by atoms with Crippen molar-refractivity contribution in [2.24, 2.45) is 0 Å². The molecule has 2 aliphatic rings.